The van der Waals surface area contributed by atoms with Gasteiger partial charge in [-0.05, 0) is 43.0 Å². The third-order valence-corrected chi connectivity index (χ3v) is 4.75. The first-order valence-electron chi connectivity index (χ1n) is 9.27. The van der Waals surface area contributed by atoms with E-state index in [1.165, 1.54) is 0 Å². The summed E-state index contributed by atoms with van der Waals surface area (Å²) in [6, 6.07) is 17.0. The molecule has 0 aliphatic heterocycles. The molecule has 0 saturated heterocycles. The Morgan fingerprint density at radius 3 is 2.22 bits per heavy atom. The number of alkyl halides is 2. The zero-order valence-corrected chi connectivity index (χ0v) is 15.8. The monoisotopic (exact) mass is 375 g/mol. The van der Waals surface area contributed by atoms with E-state index >= 15 is 0 Å². The fourth-order valence-electron chi connectivity index (χ4n) is 3.01. The Morgan fingerprint density at radius 2 is 1.67 bits per heavy atom. The van der Waals surface area contributed by atoms with Gasteiger partial charge in [-0.3, -0.25) is 4.79 Å². The molecule has 0 saturated carbocycles. The average molecular weight is 375 g/mol. The molecular weight excluding hydrogens is 348 g/mol. The third-order valence-electron chi connectivity index (χ3n) is 4.75. The largest absolute Gasteiger partial charge is 0.382 e. The topological polar surface area (TPSA) is 49.3 Å². The number of Topliss-reactive ketones (excluding diaryl/α,β-unsaturated/α-hetero) is 1. The van der Waals surface area contributed by atoms with Crippen LogP contribution in [-0.4, -0.2) is 35.5 Å². The normalized spacial score (nSPS) is 14.7. The van der Waals surface area contributed by atoms with Crippen molar-refractivity contribution in [2.45, 2.75) is 51.2 Å². The summed E-state index contributed by atoms with van der Waals surface area (Å²) in [6.07, 6.45) is -1.46. The van der Waals surface area contributed by atoms with Crippen LogP contribution in [0.25, 0.3) is 11.1 Å². The molecule has 0 spiro atoms. The van der Waals surface area contributed by atoms with E-state index in [0.29, 0.717) is 13.0 Å². The summed E-state index contributed by atoms with van der Waals surface area (Å²) < 4.78 is 26.1. The van der Waals surface area contributed by atoms with Crippen LogP contribution < -0.4 is 5.32 Å². The fraction of sp³-hybridized carbons (Fsp3) is 0.409. The number of nitrogens with one attached hydrogen (secondary N) is 1. The molecule has 0 bridgehead atoms. The van der Waals surface area contributed by atoms with Gasteiger partial charge in [0, 0.05) is 6.42 Å². The third kappa shape index (κ3) is 5.68. The van der Waals surface area contributed by atoms with Crippen molar-refractivity contribution in [3.63, 3.8) is 0 Å². The van der Waals surface area contributed by atoms with Gasteiger partial charge in [-0.15, -0.1) is 0 Å². The van der Waals surface area contributed by atoms with Crippen LogP contribution in [0, 0.1) is 0 Å². The summed E-state index contributed by atoms with van der Waals surface area (Å²) in [5.41, 5.74) is 1.06. The van der Waals surface area contributed by atoms with Crippen LogP contribution in [0.5, 0.6) is 0 Å². The zero-order valence-electron chi connectivity index (χ0n) is 15.8. The Bertz CT molecular complexity index is 715. The van der Waals surface area contributed by atoms with Gasteiger partial charge in [0.05, 0.1) is 0 Å². The van der Waals surface area contributed by atoms with E-state index in [1.54, 1.807) is 6.92 Å². The highest BCUT2D eigenvalue weighted by Gasteiger charge is 2.43. The minimum Gasteiger partial charge on any atom is -0.382 e. The molecule has 27 heavy (non-hydrogen) atoms. The van der Waals surface area contributed by atoms with Gasteiger partial charge in [0.25, 0.3) is 6.43 Å². The predicted octanol–water partition coefficient (Wildman–Crippen LogP) is 4.24. The Hall–Kier alpha value is -2.11. The molecular formula is C22H27F2NO2. The molecule has 0 unspecified atom stereocenters. The zero-order chi connectivity index (χ0) is 19.9. The molecule has 0 aliphatic rings. The van der Waals surface area contributed by atoms with Crippen LogP contribution in [0.4, 0.5) is 8.78 Å². The SMILES string of the molecule is CCC(=O)[C@@H](NCCCc1ccc(-c2ccccc2)cc1)[C@](C)(O)C(F)F. The van der Waals surface area contributed by atoms with E-state index in [0.717, 1.165) is 30.0 Å². The van der Waals surface area contributed by atoms with E-state index < -0.39 is 23.9 Å². The summed E-state index contributed by atoms with van der Waals surface area (Å²) in [5.74, 6) is -0.410. The molecule has 0 heterocycles. The van der Waals surface area contributed by atoms with Crippen molar-refractivity contribution in [1.82, 2.24) is 5.32 Å². The van der Waals surface area contributed by atoms with E-state index in [2.05, 4.69) is 29.6 Å². The molecule has 5 heteroatoms. The van der Waals surface area contributed by atoms with Gasteiger partial charge in [0.15, 0.2) is 5.78 Å². The molecule has 2 N–H and O–H groups in total. The van der Waals surface area contributed by atoms with Crippen molar-refractivity contribution in [2.24, 2.45) is 0 Å². The summed E-state index contributed by atoms with van der Waals surface area (Å²) in [6.45, 7) is 2.98. The summed E-state index contributed by atoms with van der Waals surface area (Å²) in [7, 11) is 0. The Balaban J connectivity index is 1.88. The van der Waals surface area contributed by atoms with Crippen molar-refractivity contribution in [3.8, 4) is 11.1 Å². The Morgan fingerprint density at radius 1 is 1.07 bits per heavy atom. The first-order chi connectivity index (χ1) is 12.9. The van der Waals surface area contributed by atoms with Gasteiger partial charge in [0.1, 0.15) is 11.6 Å². The van der Waals surface area contributed by atoms with Gasteiger partial charge in [-0.2, -0.15) is 0 Å². The van der Waals surface area contributed by atoms with Gasteiger partial charge in [-0.1, -0.05) is 61.5 Å². The maximum Gasteiger partial charge on any atom is 0.268 e. The number of rotatable bonds is 10. The average Bonchev–Trinajstić information content (AvgIpc) is 2.68. The van der Waals surface area contributed by atoms with Crippen molar-refractivity contribution in [2.75, 3.05) is 6.54 Å². The van der Waals surface area contributed by atoms with Crippen LogP contribution in [0.2, 0.25) is 0 Å². The molecule has 146 valence electrons. The van der Waals surface area contributed by atoms with Gasteiger partial charge in [0.2, 0.25) is 0 Å². The number of ketones is 1. The molecule has 2 rings (SSSR count). The number of carbonyl (C=O) groups is 1. The lowest BCUT2D eigenvalue weighted by Crippen LogP contribution is -2.57. The van der Waals surface area contributed by atoms with Crippen LogP contribution in [0.15, 0.2) is 54.6 Å². The minimum atomic E-state index is -2.99. The maximum atomic E-state index is 13.1. The lowest BCUT2D eigenvalue weighted by molar-refractivity contribution is -0.141. The molecule has 0 fully saturated rings. The van der Waals surface area contributed by atoms with E-state index in [9.17, 15) is 18.7 Å². The quantitative estimate of drug-likeness (QED) is 0.611. The number of halogens is 2. The molecule has 0 aliphatic carbocycles. The Kier molecular flexibility index (Phi) is 7.63. The van der Waals surface area contributed by atoms with Crippen LogP contribution in [-0.2, 0) is 11.2 Å². The second-order valence-electron chi connectivity index (χ2n) is 6.90. The molecule has 2 aromatic carbocycles. The second kappa shape index (κ2) is 9.72. The Labute approximate surface area is 159 Å². The van der Waals surface area contributed by atoms with Gasteiger partial charge < -0.3 is 10.4 Å². The molecule has 2 atom stereocenters. The lowest BCUT2D eigenvalue weighted by atomic mass is 9.91. The van der Waals surface area contributed by atoms with Crippen molar-refractivity contribution in [1.29, 1.82) is 0 Å². The molecule has 0 amide bonds. The minimum absolute atomic E-state index is 0.0987. The fourth-order valence-corrected chi connectivity index (χ4v) is 3.01. The summed E-state index contributed by atoms with van der Waals surface area (Å²) in [4.78, 5) is 11.9. The van der Waals surface area contributed by atoms with Crippen molar-refractivity contribution >= 4 is 5.78 Å². The number of carbonyl (C=O) groups excluding carboxylic acids is 1. The van der Waals surface area contributed by atoms with Gasteiger partial charge >= 0.3 is 0 Å². The van der Waals surface area contributed by atoms with Gasteiger partial charge in [-0.25, -0.2) is 8.78 Å². The van der Waals surface area contributed by atoms with E-state index in [1.807, 2.05) is 30.3 Å². The molecule has 0 radical (unpaired) electrons. The van der Waals surface area contributed by atoms with E-state index in [4.69, 9.17) is 0 Å². The number of hydrogen-bond acceptors (Lipinski definition) is 3. The predicted molar refractivity (Wildman–Crippen MR) is 104 cm³/mol. The summed E-state index contributed by atoms with van der Waals surface area (Å²) >= 11 is 0. The number of aliphatic hydroxyl groups is 1. The standard InChI is InChI=1S/C22H27F2NO2/c1-3-19(26)20(22(2,27)21(23)24)25-15-7-8-16-11-13-18(14-12-16)17-9-5-4-6-10-17/h4-6,9-14,20-21,25,27H,3,7-8,15H2,1-2H3/t20-,22+/m1/s1. The number of benzene rings is 2. The summed E-state index contributed by atoms with van der Waals surface area (Å²) in [5, 5.41) is 12.8. The number of hydrogen-bond donors (Lipinski definition) is 2. The first-order valence-corrected chi connectivity index (χ1v) is 9.27. The molecule has 0 aromatic heterocycles. The molecule has 2 aromatic rings. The maximum absolute atomic E-state index is 13.1. The smallest absolute Gasteiger partial charge is 0.268 e. The van der Waals surface area contributed by atoms with Crippen LogP contribution >= 0.6 is 0 Å². The van der Waals surface area contributed by atoms with Crippen molar-refractivity contribution < 1.29 is 18.7 Å². The van der Waals surface area contributed by atoms with Crippen molar-refractivity contribution in [3.05, 3.63) is 60.2 Å². The lowest BCUT2D eigenvalue weighted by Gasteiger charge is -2.31. The van der Waals surface area contributed by atoms with Crippen LogP contribution in [0.1, 0.15) is 32.3 Å². The highest BCUT2D eigenvalue weighted by molar-refractivity contribution is 5.85. The van der Waals surface area contributed by atoms with E-state index in [-0.39, 0.29) is 6.42 Å². The highest BCUT2D eigenvalue weighted by atomic mass is 19.3. The van der Waals surface area contributed by atoms with Crippen LogP contribution in [0.3, 0.4) is 0 Å². The number of aryl methyl sites for hydroxylation is 1. The second-order valence-corrected chi connectivity index (χ2v) is 6.90. The molecule has 3 nitrogen and oxygen atoms in total. The first kappa shape index (κ1) is 21.2. The highest BCUT2D eigenvalue weighted by Crippen LogP contribution is 2.22.